The van der Waals surface area contributed by atoms with E-state index in [-0.39, 0.29) is 42.6 Å². The average Bonchev–Trinajstić information content (AvgIpc) is 3.09. The Bertz CT molecular complexity index is 1290. The predicted octanol–water partition coefficient (Wildman–Crippen LogP) is 3.23. The van der Waals surface area contributed by atoms with Crippen molar-refractivity contribution in [1.29, 1.82) is 0 Å². The number of hydrogen-bond donors (Lipinski definition) is 0. The number of thiazole rings is 1. The van der Waals surface area contributed by atoms with Gasteiger partial charge in [-0.1, -0.05) is 35.1 Å². The number of carbonyl (C=O) groups is 1. The van der Waals surface area contributed by atoms with Gasteiger partial charge < -0.3 is 9.64 Å². The average molecular weight is 496 g/mol. The van der Waals surface area contributed by atoms with E-state index in [1.54, 1.807) is 35.8 Å². The van der Waals surface area contributed by atoms with Gasteiger partial charge in [0.05, 0.1) is 28.3 Å². The van der Waals surface area contributed by atoms with Crippen molar-refractivity contribution in [2.75, 3.05) is 32.8 Å². The second-order valence-electron chi connectivity index (χ2n) is 7.30. The molecule has 4 rings (SSSR count). The highest BCUT2D eigenvalue weighted by Gasteiger charge is 2.31. The number of nitrogens with zero attached hydrogens (tertiary/aromatic N) is 3. The van der Waals surface area contributed by atoms with Crippen LogP contribution in [0.25, 0.3) is 10.2 Å². The van der Waals surface area contributed by atoms with Crippen molar-refractivity contribution in [3.8, 4) is 0 Å². The molecular weight excluding hydrogens is 474 g/mol. The smallest absolute Gasteiger partial charge is 0.409 e. The van der Waals surface area contributed by atoms with Gasteiger partial charge in [-0.3, -0.25) is 9.36 Å². The van der Waals surface area contributed by atoms with Gasteiger partial charge >= 0.3 is 11.0 Å². The van der Waals surface area contributed by atoms with Gasteiger partial charge in [0.25, 0.3) is 0 Å². The summed E-state index contributed by atoms with van der Waals surface area (Å²) >= 11 is 6.95. The lowest BCUT2D eigenvalue weighted by Crippen LogP contribution is -2.50. The van der Waals surface area contributed by atoms with Crippen LogP contribution in [0.3, 0.4) is 0 Å². The van der Waals surface area contributed by atoms with Crippen molar-refractivity contribution < 1.29 is 17.9 Å². The van der Waals surface area contributed by atoms with Crippen LogP contribution in [0.2, 0.25) is 5.02 Å². The Morgan fingerprint density at radius 2 is 1.78 bits per heavy atom. The molecule has 0 spiro atoms. The number of hydrogen-bond acceptors (Lipinski definition) is 6. The van der Waals surface area contributed by atoms with Gasteiger partial charge in [0.15, 0.2) is 0 Å². The fraction of sp³-hybridized carbons (Fsp3) is 0.333. The number of ether oxygens (including phenoxy) is 1. The Morgan fingerprint density at radius 1 is 1.09 bits per heavy atom. The van der Waals surface area contributed by atoms with E-state index in [2.05, 4.69) is 0 Å². The van der Waals surface area contributed by atoms with Gasteiger partial charge in [0.1, 0.15) is 0 Å². The number of fused-ring (bicyclic) bond motifs is 1. The molecule has 0 saturated carbocycles. The minimum absolute atomic E-state index is 0.134. The minimum atomic E-state index is -3.75. The van der Waals surface area contributed by atoms with Crippen LogP contribution in [-0.2, 0) is 21.3 Å². The molecule has 3 aromatic rings. The van der Waals surface area contributed by atoms with E-state index >= 15 is 0 Å². The molecule has 1 fully saturated rings. The van der Waals surface area contributed by atoms with Crippen LogP contribution < -0.4 is 4.87 Å². The lowest BCUT2D eigenvalue weighted by Gasteiger charge is -2.33. The zero-order valence-corrected chi connectivity index (χ0v) is 19.8. The van der Waals surface area contributed by atoms with Crippen molar-refractivity contribution in [1.82, 2.24) is 13.8 Å². The monoisotopic (exact) mass is 495 g/mol. The summed E-state index contributed by atoms with van der Waals surface area (Å²) in [5.41, 5.74) is 1.60. The van der Waals surface area contributed by atoms with Crippen molar-refractivity contribution in [2.24, 2.45) is 0 Å². The van der Waals surface area contributed by atoms with Crippen LogP contribution in [0.4, 0.5) is 4.79 Å². The van der Waals surface area contributed by atoms with Crippen molar-refractivity contribution in [2.45, 2.75) is 18.4 Å². The van der Waals surface area contributed by atoms with Crippen molar-refractivity contribution in [3.05, 3.63) is 62.7 Å². The molecule has 0 atom stereocenters. The number of carbonyl (C=O) groups excluding carboxylic acids is 1. The fourth-order valence-electron chi connectivity index (χ4n) is 3.60. The maximum absolute atomic E-state index is 13.1. The third-order valence-corrected chi connectivity index (χ3v) is 8.38. The molecule has 1 aliphatic rings. The largest absolute Gasteiger partial charge is 0.450 e. The third kappa shape index (κ3) is 4.54. The van der Waals surface area contributed by atoms with Crippen molar-refractivity contribution in [3.63, 3.8) is 0 Å². The van der Waals surface area contributed by atoms with E-state index in [9.17, 15) is 18.0 Å². The molecule has 0 N–H and O–H groups in total. The molecule has 1 amide bonds. The first kappa shape index (κ1) is 22.8. The van der Waals surface area contributed by atoms with Crippen LogP contribution in [-0.4, -0.2) is 61.1 Å². The van der Waals surface area contributed by atoms with E-state index in [1.807, 2.05) is 12.1 Å². The van der Waals surface area contributed by atoms with E-state index in [1.165, 1.54) is 15.3 Å². The highest BCUT2D eigenvalue weighted by Crippen LogP contribution is 2.25. The Balaban J connectivity index is 1.55. The molecule has 0 bridgehead atoms. The maximum Gasteiger partial charge on any atom is 0.409 e. The molecule has 11 heteroatoms. The van der Waals surface area contributed by atoms with Crippen molar-refractivity contribution >= 4 is 49.3 Å². The number of rotatable bonds is 5. The molecule has 32 heavy (non-hydrogen) atoms. The highest BCUT2D eigenvalue weighted by atomic mass is 35.5. The third-order valence-electron chi connectivity index (χ3n) is 5.30. The minimum Gasteiger partial charge on any atom is -0.450 e. The standard InChI is InChI=1S/C21H22ClN3O5S2/c1-2-30-20(26)23-9-11-24(12-10-23)32(28,29)17-7-8-18-19(13-17)31-21(27)25(18)14-15-3-5-16(22)6-4-15/h3-8,13H,2,9-12,14H2,1H3. The van der Waals surface area contributed by atoms with Gasteiger partial charge in [-0.05, 0) is 42.8 Å². The molecule has 0 aliphatic carbocycles. The summed E-state index contributed by atoms with van der Waals surface area (Å²) < 4.78 is 34.9. The van der Waals surface area contributed by atoms with Gasteiger partial charge in [0, 0.05) is 31.2 Å². The van der Waals surface area contributed by atoms with E-state index < -0.39 is 16.1 Å². The number of halogens is 1. The summed E-state index contributed by atoms with van der Waals surface area (Å²) in [5.74, 6) is 0. The van der Waals surface area contributed by atoms with Gasteiger partial charge in [-0.2, -0.15) is 4.31 Å². The Kier molecular flexibility index (Phi) is 6.57. The number of aromatic nitrogens is 1. The Hall–Kier alpha value is -2.40. The molecule has 8 nitrogen and oxygen atoms in total. The highest BCUT2D eigenvalue weighted by molar-refractivity contribution is 7.89. The predicted molar refractivity (Wildman–Crippen MR) is 124 cm³/mol. The van der Waals surface area contributed by atoms with Crippen LogP contribution in [0.1, 0.15) is 12.5 Å². The number of sulfonamides is 1. The van der Waals surface area contributed by atoms with Gasteiger partial charge in [-0.15, -0.1) is 0 Å². The van der Waals surface area contributed by atoms with Crippen LogP contribution in [0.15, 0.2) is 52.2 Å². The lowest BCUT2D eigenvalue weighted by atomic mass is 10.2. The summed E-state index contributed by atoms with van der Waals surface area (Å²) in [4.78, 5) is 25.9. The SMILES string of the molecule is CCOC(=O)N1CCN(S(=O)(=O)c2ccc3c(c2)sc(=O)n3Cc2ccc(Cl)cc2)CC1. The zero-order valence-electron chi connectivity index (χ0n) is 17.4. The number of amides is 1. The first-order valence-electron chi connectivity index (χ1n) is 10.1. The molecule has 2 heterocycles. The second-order valence-corrected chi connectivity index (χ2v) is 10.7. The molecule has 2 aromatic carbocycles. The van der Waals surface area contributed by atoms with Gasteiger partial charge in [-0.25, -0.2) is 13.2 Å². The maximum atomic E-state index is 13.1. The normalized spacial score (nSPS) is 15.2. The summed E-state index contributed by atoms with van der Waals surface area (Å²) in [7, 11) is -3.75. The van der Waals surface area contributed by atoms with E-state index in [4.69, 9.17) is 16.3 Å². The first-order chi connectivity index (χ1) is 15.3. The summed E-state index contributed by atoms with van der Waals surface area (Å²) in [5, 5.41) is 0.620. The summed E-state index contributed by atoms with van der Waals surface area (Å²) in [6.07, 6.45) is -0.433. The number of piperazine rings is 1. The summed E-state index contributed by atoms with van der Waals surface area (Å²) in [6, 6.07) is 12.0. The molecule has 1 saturated heterocycles. The van der Waals surface area contributed by atoms with Gasteiger partial charge in [0.2, 0.25) is 10.0 Å². The van der Waals surface area contributed by atoms with Crippen LogP contribution >= 0.6 is 22.9 Å². The van der Waals surface area contributed by atoms with Crippen LogP contribution in [0, 0.1) is 0 Å². The summed E-state index contributed by atoms with van der Waals surface area (Å²) in [6.45, 7) is 3.29. The first-order valence-corrected chi connectivity index (χ1v) is 12.7. The quantitative estimate of drug-likeness (QED) is 0.542. The Labute approximate surface area is 194 Å². The Morgan fingerprint density at radius 3 is 2.44 bits per heavy atom. The second kappa shape index (κ2) is 9.22. The lowest BCUT2D eigenvalue weighted by molar-refractivity contribution is 0.0934. The van der Waals surface area contributed by atoms with E-state index in [0.29, 0.717) is 21.8 Å². The van der Waals surface area contributed by atoms with Crippen LogP contribution in [0.5, 0.6) is 0 Å². The van der Waals surface area contributed by atoms with E-state index in [0.717, 1.165) is 16.9 Å². The molecule has 0 radical (unpaired) electrons. The molecule has 0 unspecified atom stereocenters. The topological polar surface area (TPSA) is 88.9 Å². The molecule has 1 aliphatic heterocycles. The fourth-order valence-corrected chi connectivity index (χ4v) is 6.18. The molecule has 170 valence electrons. The zero-order chi connectivity index (χ0) is 22.9. The molecule has 1 aromatic heterocycles. The molecular formula is C21H22ClN3O5S2. The number of benzene rings is 2.